The maximum absolute atomic E-state index is 12.7. The zero-order valence-electron chi connectivity index (χ0n) is 18.5. The highest BCUT2D eigenvalue weighted by molar-refractivity contribution is 6.31. The molecular formula is C26H20ClN3O4. The lowest BCUT2D eigenvalue weighted by atomic mass is 10.1. The van der Waals surface area contributed by atoms with Crippen LogP contribution in [0.25, 0.3) is 6.08 Å². The minimum atomic E-state index is -0.615. The summed E-state index contributed by atoms with van der Waals surface area (Å²) < 4.78 is 16.5. The first-order valence-corrected chi connectivity index (χ1v) is 10.4. The van der Waals surface area contributed by atoms with Crippen molar-refractivity contribution in [2.75, 3.05) is 19.5 Å². The average molecular weight is 474 g/mol. The molecule has 1 amide bonds. The molecule has 0 radical (unpaired) electrons. The van der Waals surface area contributed by atoms with E-state index in [1.807, 2.05) is 18.2 Å². The van der Waals surface area contributed by atoms with Crippen molar-refractivity contribution in [3.05, 3.63) is 87.9 Å². The lowest BCUT2D eigenvalue weighted by molar-refractivity contribution is -0.112. The molecule has 3 rings (SSSR count). The van der Waals surface area contributed by atoms with Gasteiger partial charge in [-0.1, -0.05) is 35.9 Å². The summed E-state index contributed by atoms with van der Waals surface area (Å²) in [5, 5.41) is 21.8. The van der Waals surface area contributed by atoms with Crippen molar-refractivity contribution < 1.29 is 19.0 Å². The summed E-state index contributed by atoms with van der Waals surface area (Å²) in [5.74, 6) is 0.670. The van der Waals surface area contributed by atoms with E-state index in [9.17, 15) is 15.3 Å². The predicted molar refractivity (Wildman–Crippen MR) is 129 cm³/mol. The SMILES string of the molecule is COc1ccc(Cl)cc1NC(=O)/C(C#N)=C/c1ccc(OCc2ccccc2C#N)c(OC)c1. The van der Waals surface area contributed by atoms with E-state index in [-0.39, 0.29) is 12.2 Å². The van der Waals surface area contributed by atoms with Crippen LogP contribution in [0.5, 0.6) is 17.2 Å². The van der Waals surface area contributed by atoms with Crippen LogP contribution < -0.4 is 19.5 Å². The number of halogens is 1. The number of hydrogen-bond acceptors (Lipinski definition) is 6. The first kappa shape index (κ1) is 24.2. The maximum Gasteiger partial charge on any atom is 0.266 e. The molecule has 1 N–H and O–H groups in total. The maximum atomic E-state index is 12.7. The van der Waals surface area contributed by atoms with Gasteiger partial charge < -0.3 is 19.5 Å². The molecule has 0 bridgehead atoms. The van der Waals surface area contributed by atoms with Crippen molar-refractivity contribution in [3.8, 4) is 29.4 Å². The fourth-order valence-electron chi connectivity index (χ4n) is 3.09. The van der Waals surface area contributed by atoms with E-state index in [1.165, 1.54) is 26.4 Å². The fourth-order valence-corrected chi connectivity index (χ4v) is 3.26. The van der Waals surface area contributed by atoms with Crippen LogP contribution in [0.4, 0.5) is 5.69 Å². The molecule has 3 aromatic carbocycles. The van der Waals surface area contributed by atoms with Gasteiger partial charge in [-0.05, 0) is 48.0 Å². The quantitative estimate of drug-likeness (QED) is 0.349. The second kappa shape index (κ2) is 11.4. The van der Waals surface area contributed by atoms with E-state index in [2.05, 4.69) is 11.4 Å². The summed E-state index contributed by atoms with van der Waals surface area (Å²) in [6.07, 6.45) is 1.43. The van der Waals surface area contributed by atoms with Gasteiger partial charge in [-0.15, -0.1) is 0 Å². The van der Waals surface area contributed by atoms with Gasteiger partial charge in [0.05, 0.1) is 31.5 Å². The Hall–Kier alpha value is -4.46. The molecule has 0 saturated heterocycles. The number of methoxy groups -OCH3 is 2. The number of carbonyl (C=O) groups excluding carboxylic acids is 1. The molecule has 170 valence electrons. The molecule has 0 unspecified atom stereocenters. The number of rotatable bonds is 8. The van der Waals surface area contributed by atoms with Crippen molar-refractivity contribution in [2.24, 2.45) is 0 Å². The number of amides is 1. The van der Waals surface area contributed by atoms with Crippen LogP contribution in [0.1, 0.15) is 16.7 Å². The van der Waals surface area contributed by atoms with Crippen LogP contribution in [-0.4, -0.2) is 20.1 Å². The predicted octanol–water partition coefficient (Wildman–Crippen LogP) is 5.35. The second-order valence-corrected chi connectivity index (χ2v) is 7.37. The van der Waals surface area contributed by atoms with Gasteiger partial charge in [-0.3, -0.25) is 4.79 Å². The summed E-state index contributed by atoms with van der Waals surface area (Å²) in [5.41, 5.74) is 2.06. The van der Waals surface area contributed by atoms with Crippen LogP contribution in [0, 0.1) is 22.7 Å². The minimum absolute atomic E-state index is 0.124. The zero-order valence-corrected chi connectivity index (χ0v) is 19.2. The van der Waals surface area contributed by atoms with E-state index < -0.39 is 5.91 Å². The van der Waals surface area contributed by atoms with Crippen molar-refractivity contribution in [1.82, 2.24) is 0 Å². The van der Waals surface area contributed by atoms with Gasteiger partial charge in [0.25, 0.3) is 5.91 Å². The van der Waals surface area contributed by atoms with E-state index in [4.69, 9.17) is 25.8 Å². The molecule has 8 heteroatoms. The van der Waals surface area contributed by atoms with E-state index in [1.54, 1.807) is 42.5 Å². The number of hydrogen-bond donors (Lipinski definition) is 1. The van der Waals surface area contributed by atoms with Gasteiger partial charge in [0.15, 0.2) is 11.5 Å². The Kier molecular flexibility index (Phi) is 8.12. The molecule has 0 aliphatic rings. The summed E-state index contributed by atoms with van der Waals surface area (Å²) in [4.78, 5) is 12.7. The number of anilines is 1. The molecule has 0 spiro atoms. The monoisotopic (exact) mass is 473 g/mol. The van der Waals surface area contributed by atoms with Gasteiger partial charge >= 0.3 is 0 Å². The molecule has 3 aromatic rings. The third-order valence-corrected chi connectivity index (χ3v) is 5.03. The van der Waals surface area contributed by atoms with Crippen molar-refractivity contribution in [3.63, 3.8) is 0 Å². The summed E-state index contributed by atoms with van der Waals surface area (Å²) in [7, 11) is 2.96. The summed E-state index contributed by atoms with van der Waals surface area (Å²) in [6, 6.07) is 21.0. The van der Waals surface area contributed by atoms with Crippen molar-refractivity contribution in [1.29, 1.82) is 10.5 Å². The van der Waals surface area contributed by atoms with Gasteiger partial charge in [0.2, 0.25) is 0 Å². The number of benzene rings is 3. The molecule has 7 nitrogen and oxygen atoms in total. The average Bonchev–Trinajstić information content (AvgIpc) is 2.86. The normalized spacial score (nSPS) is 10.6. The van der Waals surface area contributed by atoms with Crippen LogP contribution in [-0.2, 0) is 11.4 Å². The van der Waals surface area contributed by atoms with Gasteiger partial charge in [-0.2, -0.15) is 10.5 Å². The summed E-state index contributed by atoms with van der Waals surface area (Å²) >= 11 is 6.00. The lowest BCUT2D eigenvalue weighted by Crippen LogP contribution is -2.14. The number of carbonyl (C=O) groups is 1. The van der Waals surface area contributed by atoms with Gasteiger partial charge in [0.1, 0.15) is 24.0 Å². The number of nitriles is 2. The standard InChI is InChI=1S/C26H20ClN3O4/c1-32-23-10-8-21(27)13-22(23)30-26(31)20(15-29)11-17-7-9-24(25(12-17)33-2)34-16-19-6-4-3-5-18(19)14-28/h3-13H,16H2,1-2H3,(H,30,31)/b20-11+. The van der Waals surface area contributed by atoms with Crippen LogP contribution in [0.3, 0.4) is 0 Å². The van der Waals surface area contributed by atoms with Gasteiger partial charge in [0, 0.05) is 10.6 Å². The Morgan fingerprint density at radius 3 is 2.44 bits per heavy atom. The lowest BCUT2D eigenvalue weighted by Gasteiger charge is -2.12. The minimum Gasteiger partial charge on any atom is -0.495 e. The highest BCUT2D eigenvalue weighted by atomic mass is 35.5. The van der Waals surface area contributed by atoms with Crippen molar-refractivity contribution >= 4 is 29.3 Å². The van der Waals surface area contributed by atoms with Crippen molar-refractivity contribution in [2.45, 2.75) is 6.61 Å². The topological polar surface area (TPSA) is 104 Å². The molecular weight excluding hydrogens is 454 g/mol. The molecule has 0 aliphatic carbocycles. The van der Waals surface area contributed by atoms with Crippen LogP contribution >= 0.6 is 11.6 Å². The Bertz CT molecular complexity index is 1320. The number of ether oxygens (including phenoxy) is 3. The Morgan fingerprint density at radius 1 is 1.00 bits per heavy atom. The first-order valence-electron chi connectivity index (χ1n) is 10.0. The Balaban J connectivity index is 1.80. The number of nitrogens with one attached hydrogen (secondary N) is 1. The number of nitrogens with zero attached hydrogens (tertiary/aromatic N) is 2. The van der Waals surface area contributed by atoms with Gasteiger partial charge in [-0.25, -0.2) is 0 Å². The molecule has 0 saturated carbocycles. The van der Waals surface area contributed by atoms with Crippen LogP contribution in [0.15, 0.2) is 66.2 Å². The summed E-state index contributed by atoms with van der Waals surface area (Å²) in [6.45, 7) is 0.183. The molecule has 34 heavy (non-hydrogen) atoms. The Labute approximate surface area is 202 Å². The zero-order chi connectivity index (χ0) is 24.5. The smallest absolute Gasteiger partial charge is 0.266 e. The second-order valence-electron chi connectivity index (χ2n) is 6.94. The molecule has 0 aromatic heterocycles. The molecule has 0 aliphatic heterocycles. The van der Waals surface area contributed by atoms with Crippen LogP contribution in [0.2, 0.25) is 5.02 Å². The Morgan fingerprint density at radius 2 is 1.74 bits per heavy atom. The highest BCUT2D eigenvalue weighted by Crippen LogP contribution is 2.31. The fraction of sp³-hybridized carbons (Fsp3) is 0.115. The largest absolute Gasteiger partial charge is 0.495 e. The third kappa shape index (κ3) is 5.86. The van der Waals surface area contributed by atoms with E-state index >= 15 is 0 Å². The molecule has 0 heterocycles. The third-order valence-electron chi connectivity index (χ3n) is 4.79. The van der Waals surface area contributed by atoms with E-state index in [0.717, 1.165) is 5.56 Å². The molecule has 0 fully saturated rings. The van der Waals surface area contributed by atoms with E-state index in [0.29, 0.717) is 39.1 Å². The molecule has 0 atom stereocenters. The first-order chi connectivity index (χ1) is 16.5. The highest BCUT2D eigenvalue weighted by Gasteiger charge is 2.14.